The first-order chi connectivity index (χ1) is 7.97. The second kappa shape index (κ2) is 5.60. The molecule has 0 aromatic carbocycles. The van der Waals surface area contributed by atoms with Crippen molar-refractivity contribution in [2.24, 2.45) is 0 Å². The number of nitrogens with zero attached hydrogens (tertiary/aromatic N) is 3. The monoisotopic (exact) mass is 255 g/mol. The van der Waals surface area contributed by atoms with Crippen molar-refractivity contribution < 1.29 is 27.1 Å². The van der Waals surface area contributed by atoms with E-state index in [1.54, 1.807) is 0 Å². The molecule has 0 aliphatic carbocycles. The maximum atomic E-state index is 12.6. The summed E-state index contributed by atoms with van der Waals surface area (Å²) < 4.78 is 54.2. The summed E-state index contributed by atoms with van der Waals surface area (Å²) in [5.41, 5.74) is -1.69. The Balaban J connectivity index is 3.06. The lowest BCUT2D eigenvalue weighted by atomic mass is 10.3. The summed E-state index contributed by atoms with van der Waals surface area (Å²) in [7, 11) is 0. The molecule has 0 aliphatic heterocycles. The lowest BCUT2D eigenvalue weighted by molar-refractivity contribution is 0.0504. The molecular weight excluding hydrogens is 246 g/mol. The number of carbonyl (C=O) groups is 1. The van der Waals surface area contributed by atoms with Crippen LogP contribution in [0, 0.1) is 0 Å². The molecule has 5 nitrogen and oxygen atoms in total. The van der Waals surface area contributed by atoms with Gasteiger partial charge in [-0.15, -0.1) is 5.10 Å². The van der Waals surface area contributed by atoms with E-state index in [1.807, 2.05) is 0 Å². The predicted octanol–water partition coefficient (Wildman–Crippen LogP) is 1.66. The Morgan fingerprint density at radius 2 is 2.06 bits per heavy atom. The molecule has 17 heavy (non-hydrogen) atoms. The van der Waals surface area contributed by atoms with Gasteiger partial charge >= 0.3 is 5.97 Å². The minimum Gasteiger partial charge on any atom is -0.461 e. The summed E-state index contributed by atoms with van der Waals surface area (Å²) in [5.74, 6) is -1.11. The second-order valence-corrected chi connectivity index (χ2v) is 2.92. The smallest absolute Gasteiger partial charge is 0.361 e. The molecule has 0 atom stereocenters. The van der Waals surface area contributed by atoms with Gasteiger partial charge < -0.3 is 4.74 Å². The Bertz CT molecular complexity index is 394. The first kappa shape index (κ1) is 13.4. The van der Waals surface area contributed by atoms with Crippen LogP contribution in [0.15, 0.2) is 0 Å². The van der Waals surface area contributed by atoms with E-state index < -0.39 is 36.8 Å². The molecule has 0 fully saturated rings. The van der Waals surface area contributed by atoms with Crippen molar-refractivity contribution in [1.82, 2.24) is 15.0 Å². The summed E-state index contributed by atoms with van der Waals surface area (Å²) in [5, 5.41) is 6.22. The lowest BCUT2D eigenvalue weighted by Crippen LogP contribution is -2.14. The molecule has 0 unspecified atom stereocenters. The van der Waals surface area contributed by atoms with E-state index in [-0.39, 0.29) is 6.61 Å². The molecule has 0 saturated carbocycles. The number of alkyl halides is 4. The fraction of sp³-hybridized carbons (Fsp3) is 0.625. The number of esters is 1. The van der Waals surface area contributed by atoms with Crippen LogP contribution >= 0.6 is 0 Å². The molecule has 96 valence electrons. The highest BCUT2D eigenvalue weighted by atomic mass is 19.3. The molecule has 0 aliphatic rings. The van der Waals surface area contributed by atoms with Gasteiger partial charge in [0.25, 0.3) is 12.9 Å². The normalized spacial score (nSPS) is 11.2. The Labute approximate surface area is 93.4 Å². The molecule has 0 radical (unpaired) electrons. The van der Waals surface area contributed by atoms with Gasteiger partial charge in [-0.3, -0.25) is 0 Å². The molecule has 0 saturated heterocycles. The van der Waals surface area contributed by atoms with Gasteiger partial charge in [0, 0.05) is 0 Å². The minimum atomic E-state index is -3.14. The van der Waals surface area contributed by atoms with Crippen LogP contribution in [-0.4, -0.2) is 34.0 Å². The fourth-order valence-electron chi connectivity index (χ4n) is 1.15. The lowest BCUT2D eigenvalue weighted by Gasteiger charge is -2.05. The van der Waals surface area contributed by atoms with Crippen LogP contribution in [-0.2, 0) is 11.3 Å². The average molecular weight is 255 g/mol. The second-order valence-electron chi connectivity index (χ2n) is 2.92. The van der Waals surface area contributed by atoms with Gasteiger partial charge in [0.05, 0.1) is 6.61 Å². The van der Waals surface area contributed by atoms with Crippen LogP contribution < -0.4 is 0 Å². The number of hydrogen-bond donors (Lipinski definition) is 0. The van der Waals surface area contributed by atoms with Gasteiger partial charge in [-0.25, -0.2) is 27.0 Å². The van der Waals surface area contributed by atoms with Crippen LogP contribution in [0.4, 0.5) is 17.6 Å². The Hall–Kier alpha value is -1.67. The molecule has 1 aromatic rings. The summed E-state index contributed by atoms with van der Waals surface area (Å²) in [6.45, 7) is 0.388. The summed E-state index contributed by atoms with van der Waals surface area (Å²) in [4.78, 5) is 11.2. The number of halogens is 4. The Kier molecular flexibility index (Phi) is 4.41. The van der Waals surface area contributed by atoms with E-state index in [0.717, 1.165) is 0 Å². The van der Waals surface area contributed by atoms with Gasteiger partial charge in [0.2, 0.25) is 0 Å². The zero-order valence-electron chi connectivity index (χ0n) is 8.74. The van der Waals surface area contributed by atoms with Crippen LogP contribution in [0.5, 0.6) is 0 Å². The largest absolute Gasteiger partial charge is 0.461 e. The van der Waals surface area contributed by atoms with Gasteiger partial charge in [-0.1, -0.05) is 5.21 Å². The zero-order valence-corrected chi connectivity index (χ0v) is 8.74. The quantitative estimate of drug-likeness (QED) is 0.593. The van der Waals surface area contributed by atoms with Crippen molar-refractivity contribution in [3.63, 3.8) is 0 Å². The van der Waals surface area contributed by atoms with Crippen molar-refractivity contribution in [2.75, 3.05) is 6.61 Å². The van der Waals surface area contributed by atoms with Crippen LogP contribution in [0.2, 0.25) is 0 Å². The van der Waals surface area contributed by atoms with E-state index in [0.29, 0.717) is 4.68 Å². The summed E-state index contributed by atoms with van der Waals surface area (Å²) in [6, 6.07) is 0. The van der Waals surface area contributed by atoms with E-state index >= 15 is 0 Å². The number of carbonyl (C=O) groups excluding carboxylic acids is 1. The van der Waals surface area contributed by atoms with Crippen molar-refractivity contribution in [3.8, 4) is 0 Å². The van der Waals surface area contributed by atoms with Gasteiger partial charge in [0.1, 0.15) is 12.2 Å². The molecule has 0 bridgehead atoms. The number of hydrogen-bond acceptors (Lipinski definition) is 4. The van der Waals surface area contributed by atoms with Gasteiger partial charge in [-0.05, 0) is 6.92 Å². The number of aromatic nitrogens is 3. The van der Waals surface area contributed by atoms with E-state index in [2.05, 4.69) is 15.0 Å². The van der Waals surface area contributed by atoms with Crippen LogP contribution in [0.3, 0.4) is 0 Å². The standard InChI is InChI=1S/C8H9F4N3O2/c1-2-17-8(16)5-6(7(11)12)15(14-13-5)3-4(9)10/h4,7H,2-3H2,1H3. The zero-order chi connectivity index (χ0) is 13.0. The minimum absolute atomic E-state index is 0.0385. The maximum Gasteiger partial charge on any atom is 0.361 e. The molecular formula is C8H9F4N3O2. The number of rotatable bonds is 5. The summed E-state index contributed by atoms with van der Waals surface area (Å²) in [6.07, 6.45) is -6.01. The molecule has 0 amide bonds. The molecule has 0 N–H and O–H groups in total. The van der Waals surface area contributed by atoms with E-state index in [4.69, 9.17) is 0 Å². The average Bonchev–Trinajstić information content (AvgIpc) is 2.60. The van der Waals surface area contributed by atoms with E-state index in [9.17, 15) is 22.4 Å². The Morgan fingerprint density at radius 3 is 2.53 bits per heavy atom. The topological polar surface area (TPSA) is 57.0 Å². The predicted molar refractivity (Wildman–Crippen MR) is 46.9 cm³/mol. The maximum absolute atomic E-state index is 12.6. The molecule has 1 rings (SSSR count). The Morgan fingerprint density at radius 1 is 1.41 bits per heavy atom. The van der Waals surface area contributed by atoms with Crippen molar-refractivity contribution in [2.45, 2.75) is 26.3 Å². The molecule has 9 heteroatoms. The first-order valence-corrected chi connectivity index (χ1v) is 4.64. The highest BCUT2D eigenvalue weighted by Gasteiger charge is 2.28. The highest BCUT2D eigenvalue weighted by Crippen LogP contribution is 2.22. The highest BCUT2D eigenvalue weighted by molar-refractivity contribution is 5.88. The third kappa shape index (κ3) is 3.14. The SMILES string of the molecule is CCOC(=O)c1nnn(CC(F)F)c1C(F)F. The van der Waals surface area contributed by atoms with Crippen LogP contribution in [0.1, 0.15) is 29.5 Å². The first-order valence-electron chi connectivity index (χ1n) is 4.64. The summed E-state index contributed by atoms with van der Waals surface area (Å²) >= 11 is 0. The van der Waals surface area contributed by atoms with Crippen molar-refractivity contribution >= 4 is 5.97 Å². The third-order valence-electron chi connectivity index (χ3n) is 1.76. The fourth-order valence-corrected chi connectivity index (χ4v) is 1.15. The van der Waals surface area contributed by atoms with Gasteiger partial charge in [-0.2, -0.15) is 0 Å². The molecule has 1 heterocycles. The molecule has 1 aromatic heterocycles. The third-order valence-corrected chi connectivity index (χ3v) is 1.76. The van der Waals surface area contributed by atoms with Gasteiger partial charge in [0.15, 0.2) is 5.69 Å². The molecule has 0 spiro atoms. The number of ether oxygens (including phenoxy) is 1. The van der Waals surface area contributed by atoms with Crippen LogP contribution in [0.25, 0.3) is 0 Å². The van der Waals surface area contributed by atoms with Crippen molar-refractivity contribution in [1.29, 1.82) is 0 Å². The van der Waals surface area contributed by atoms with Crippen molar-refractivity contribution in [3.05, 3.63) is 11.4 Å². The van der Waals surface area contributed by atoms with E-state index in [1.165, 1.54) is 6.92 Å².